The van der Waals surface area contributed by atoms with Crippen LogP contribution in [-0.2, 0) is 17.9 Å². The number of carbonyl (C=O) groups is 1. The van der Waals surface area contributed by atoms with Crippen LogP contribution in [0.5, 0.6) is 0 Å². The van der Waals surface area contributed by atoms with E-state index in [9.17, 15) is 10.1 Å². The predicted molar refractivity (Wildman–Crippen MR) is 124 cm³/mol. The van der Waals surface area contributed by atoms with E-state index >= 15 is 0 Å². The predicted octanol–water partition coefficient (Wildman–Crippen LogP) is 2.66. The van der Waals surface area contributed by atoms with Gasteiger partial charge in [-0.2, -0.15) is 5.26 Å². The van der Waals surface area contributed by atoms with Gasteiger partial charge in [-0.15, -0.1) is 0 Å². The third kappa shape index (κ3) is 3.95. The number of nitriles is 1. The lowest BCUT2D eigenvalue weighted by Gasteiger charge is -2.38. The largest absolute Gasteiger partial charge is 0.457 e. The Kier molecular flexibility index (Phi) is 5.63. The molecule has 0 unspecified atom stereocenters. The van der Waals surface area contributed by atoms with Crippen molar-refractivity contribution in [2.75, 3.05) is 13.1 Å². The number of aromatic nitrogens is 4. The molecule has 2 aliphatic heterocycles. The molecule has 9 nitrogen and oxygen atoms in total. The van der Waals surface area contributed by atoms with E-state index in [1.54, 1.807) is 10.9 Å². The van der Waals surface area contributed by atoms with E-state index in [4.69, 9.17) is 4.74 Å². The Labute approximate surface area is 198 Å². The maximum Gasteiger partial charge on any atom is 0.338 e. The summed E-state index contributed by atoms with van der Waals surface area (Å²) in [4.78, 5) is 27.8. The quantitative estimate of drug-likeness (QED) is 0.596. The topological polar surface area (TPSA) is 109 Å². The molecule has 0 amide bonds. The van der Waals surface area contributed by atoms with Gasteiger partial charge in [-0.3, -0.25) is 9.47 Å². The summed E-state index contributed by atoms with van der Waals surface area (Å²) in [6, 6.07) is 6.56. The van der Waals surface area contributed by atoms with Gasteiger partial charge in [0.05, 0.1) is 28.2 Å². The number of benzene rings is 1. The van der Waals surface area contributed by atoms with E-state index in [2.05, 4.69) is 51.2 Å². The Morgan fingerprint density at radius 1 is 1.21 bits per heavy atom. The molecule has 2 atom stereocenters. The number of fused-ring (bicyclic) bond motifs is 1. The monoisotopic (exact) mass is 457 g/mol. The molecule has 5 rings (SSSR count). The molecular weight excluding hydrogens is 430 g/mol. The Hall–Kier alpha value is -3.61. The summed E-state index contributed by atoms with van der Waals surface area (Å²) >= 11 is 0. The molecule has 1 aromatic carbocycles. The Morgan fingerprint density at radius 3 is 2.71 bits per heavy atom. The summed E-state index contributed by atoms with van der Waals surface area (Å²) in [7, 11) is 0. The second kappa shape index (κ2) is 8.63. The third-order valence-electron chi connectivity index (χ3n) is 6.67. The first kappa shape index (κ1) is 22.2. The van der Waals surface area contributed by atoms with E-state index in [1.807, 2.05) is 26.1 Å². The van der Waals surface area contributed by atoms with Crippen LogP contribution in [0.2, 0.25) is 0 Å². The minimum Gasteiger partial charge on any atom is -0.457 e. The van der Waals surface area contributed by atoms with Crippen LogP contribution in [0, 0.1) is 32.1 Å². The van der Waals surface area contributed by atoms with Crippen molar-refractivity contribution in [2.45, 2.75) is 52.9 Å². The fourth-order valence-electron chi connectivity index (χ4n) is 4.99. The summed E-state index contributed by atoms with van der Waals surface area (Å²) in [6.45, 7) is 10.7. The Bertz CT molecular complexity index is 1300. The first-order chi connectivity index (χ1) is 16.3. The van der Waals surface area contributed by atoms with Gasteiger partial charge in [-0.05, 0) is 44.9 Å². The van der Waals surface area contributed by atoms with Crippen LogP contribution in [0.15, 0.2) is 24.7 Å². The highest BCUT2D eigenvalue weighted by Crippen LogP contribution is 2.31. The SMILES string of the molecule is Cc1nc(-n2cnc(CN3C[C@@H](c4ccc5c(c4C)COC5=O)N[C@@H](C)C3)c2)nc(C)c1C#N. The first-order valence-electron chi connectivity index (χ1n) is 11.4. The van der Waals surface area contributed by atoms with Crippen molar-refractivity contribution >= 4 is 5.97 Å². The number of hydrogen-bond donors (Lipinski definition) is 1. The molecule has 174 valence electrons. The van der Waals surface area contributed by atoms with Gasteiger partial charge in [0, 0.05) is 43.5 Å². The Morgan fingerprint density at radius 2 is 1.97 bits per heavy atom. The molecule has 0 saturated carbocycles. The lowest BCUT2D eigenvalue weighted by Crippen LogP contribution is -2.50. The lowest BCUT2D eigenvalue weighted by atomic mass is 9.92. The fraction of sp³-hybridized carbons (Fsp3) is 0.400. The summed E-state index contributed by atoms with van der Waals surface area (Å²) in [5, 5.41) is 13.0. The van der Waals surface area contributed by atoms with Crippen molar-refractivity contribution in [3.05, 3.63) is 69.6 Å². The third-order valence-corrected chi connectivity index (χ3v) is 6.67. The summed E-state index contributed by atoms with van der Waals surface area (Å²) in [6.07, 6.45) is 3.67. The average Bonchev–Trinajstić information content (AvgIpc) is 3.41. The molecule has 1 fully saturated rings. The van der Waals surface area contributed by atoms with Crippen LogP contribution in [0.25, 0.3) is 5.95 Å². The van der Waals surface area contributed by atoms with Crippen molar-refractivity contribution in [3.63, 3.8) is 0 Å². The van der Waals surface area contributed by atoms with Crippen molar-refractivity contribution in [2.24, 2.45) is 0 Å². The maximum absolute atomic E-state index is 11.9. The molecule has 1 N–H and O–H groups in total. The number of nitrogens with one attached hydrogen (secondary N) is 1. The van der Waals surface area contributed by atoms with Crippen LogP contribution in [0.1, 0.15) is 62.7 Å². The van der Waals surface area contributed by atoms with Gasteiger partial charge in [0.25, 0.3) is 0 Å². The summed E-state index contributed by atoms with van der Waals surface area (Å²) in [5.74, 6) is 0.285. The number of nitrogens with zero attached hydrogens (tertiary/aromatic N) is 6. The van der Waals surface area contributed by atoms with Crippen molar-refractivity contribution < 1.29 is 9.53 Å². The van der Waals surface area contributed by atoms with E-state index in [-0.39, 0.29) is 12.0 Å². The van der Waals surface area contributed by atoms with Gasteiger partial charge >= 0.3 is 5.97 Å². The number of piperazine rings is 1. The van der Waals surface area contributed by atoms with Gasteiger partial charge < -0.3 is 10.1 Å². The van der Waals surface area contributed by atoms with Crippen LogP contribution in [0.3, 0.4) is 0 Å². The molecule has 2 aliphatic rings. The molecule has 34 heavy (non-hydrogen) atoms. The van der Waals surface area contributed by atoms with Crippen LogP contribution < -0.4 is 5.32 Å². The zero-order valence-electron chi connectivity index (χ0n) is 19.8. The number of carbonyl (C=O) groups excluding carboxylic acids is 1. The highest BCUT2D eigenvalue weighted by molar-refractivity contribution is 5.94. The normalized spacial score (nSPS) is 20.1. The first-order valence-corrected chi connectivity index (χ1v) is 11.4. The standard InChI is InChI=1S/C25H27N7O2/c1-14-8-31(11-23(28-14)19-5-6-20-22(15(19)2)12-34-24(20)33)9-18-10-32(13-27-18)25-29-16(3)21(7-26)17(4)30-25/h5-6,10,13-14,23,28H,8-9,11-12H2,1-4H3/t14-,23-/m0/s1. The van der Waals surface area contributed by atoms with Crippen LogP contribution in [-0.4, -0.2) is 49.5 Å². The molecular formula is C25H27N7O2. The number of cyclic esters (lactones) is 1. The summed E-state index contributed by atoms with van der Waals surface area (Å²) < 4.78 is 7.03. The molecule has 0 spiro atoms. The van der Waals surface area contributed by atoms with Crippen LogP contribution >= 0.6 is 0 Å². The molecule has 2 aromatic heterocycles. The van der Waals surface area contributed by atoms with Crippen molar-refractivity contribution in [1.82, 2.24) is 29.7 Å². The lowest BCUT2D eigenvalue weighted by molar-refractivity contribution is 0.0535. The number of imidazole rings is 1. The van der Waals surface area contributed by atoms with Gasteiger partial charge in [0.1, 0.15) is 19.0 Å². The zero-order chi connectivity index (χ0) is 24.0. The number of rotatable bonds is 4. The Balaban J connectivity index is 1.34. The van der Waals surface area contributed by atoms with Gasteiger partial charge in [-0.25, -0.2) is 19.7 Å². The molecule has 9 heteroatoms. The smallest absolute Gasteiger partial charge is 0.338 e. The molecule has 0 radical (unpaired) electrons. The van der Waals surface area contributed by atoms with E-state index in [0.29, 0.717) is 47.7 Å². The fourth-order valence-corrected chi connectivity index (χ4v) is 4.99. The number of hydrogen-bond acceptors (Lipinski definition) is 8. The zero-order valence-corrected chi connectivity index (χ0v) is 19.8. The maximum atomic E-state index is 11.9. The number of aryl methyl sites for hydroxylation is 2. The second-order valence-corrected chi connectivity index (χ2v) is 9.15. The van der Waals surface area contributed by atoms with Gasteiger partial charge in [0.2, 0.25) is 5.95 Å². The minimum absolute atomic E-state index is 0.152. The van der Waals surface area contributed by atoms with Crippen molar-refractivity contribution in [3.8, 4) is 12.0 Å². The van der Waals surface area contributed by atoms with Crippen molar-refractivity contribution in [1.29, 1.82) is 5.26 Å². The summed E-state index contributed by atoms with van der Waals surface area (Å²) in [5.41, 5.74) is 6.79. The molecule has 0 aliphatic carbocycles. The highest BCUT2D eigenvalue weighted by Gasteiger charge is 2.30. The number of ether oxygens (including phenoxy) is 1. The second-order valence-electron chi connectivity index (χ2n) is 9.15. The average molecular weight is 458 g/mol. The molecule has 3 aromatic rings. The molecule has 4 heterocycles. The van der Waals surface area contributed by atoms with Crippen LogP contribution in [0.4, 0.5) is 0 Å². The van der Waals surface area contributed by atoms with E-state index < -0.39 is 0 Å². The van der Waals surface area contributed by atoms with Gasteiger partial charge in [-0.1, -0.05) is 6.07 Å². The highest BCUT2D eigenvalue weighted by atomic mass is 16.5. The minimum atomic E-state index is -0.233. The van der Waals surface area contributed by atoms with Gasteiger partial charge in [0.15, 0.2) is 0 Å². The molecule has 0 bridgehead atoms. The number of esters is 1. The van der Waals surface area contributed by atoms with E-state index in [0.717, 1.165) is 29.9 Å². The molecule has 1 saturated heterocycles. The van der Waals surface area contributed by atoms with E-state index in [1.165, 1.54) is 5.56 Å².